The highest BCUT2D eigenvalue weighted by Gasteiger charge is 2.32. The van der Waals surface area contributed by atoms with E-state index in [1.165, 1.54) is 0 Å². The van der Waals surface area contributed by atoms with Crippen LogP contribution < -0.4 is 0 Å². The Morgan fingerprint density at radius 2 is 1.59 bits per heavy atom. The first kappa shape index (κ1) is 10.8. The average Bonchev–Trinajstić information content (AvgIpc) is 2.68. The summed E-state index contributed by atoms with van der Waals surface area (Å²) < 4.78 is 6.57. The van der Waals surface area contributed by atoms with Crippen molar-refractivity contribution in [2.45, 2.75) is 6.10 Å². The molecule has 0 bridgehead atoms. The second-order valence-corrected chi connectivity index (χ2v) is 5.06. The molecule has 84 valence electrons. The van der Waals surface area contributed by atoms with Gasteiger partial charge < -0.3 is 4.74 Å². The predicted molar refractivity (Wildman–Crippen MR) is 72.9 cm³/mol. The molecule has 17 heavy (non-hydrogen) atoms. The summed E-state index contributed by atoms with van der Waals surface area (Å²) in [6.45, 7) is 0. The molecule has 0 aliphatic carbocycles. The molecule has 1 atom stereocenters. The number of hydrogen-bond donors (Lipinski definition) is 0. The van der Waals surface area contributed by atoms with Gasteiger partial charge in [0.25, 0.3) is 0 Å². The van der Waals surface area contributed by atoms with Crippen LogP contribution in [0.3, 0.4) is 0 Å². The zero-order valence-corrected chi connectivity index (χ0v) is 11.0. The molecule has 1 aliphatic heterocycles. The Kier molecular flexibility index (Phi) is 2.63. The molecule has 2 aromatic rings. The molecule has 1 unspecified atom stereocenters. The second kappa shape index (κ2) is 4.14. The molecule has 3 heteroatoms. The number of hydrogen-bond acceptors (Lipinski definition) is 2. The van der Waals surface area contributed by atoms with E-state index in [2.05, 4.69) is 22.6 Å². The molecule has 0 saturated carbocycles. The average molecular weight is 336 g/mol. The van der Waals surface area contributed by atoms with Gasteiger partial charge in [0, 0.05) is 14.7 Å². The quantitative estimate of drug-likeness (QED) is 0.588. The van der Waals surface area contributed by atoms with Gasteiger partial charge in [0.05, 0.1) is 5.56 Å². The lowest BCUT2D eigenvalue weighted by atomic mass is 9.99. The Morgan fingerprint density at radius 1 is 0.941 bits per heavy atom. The van der Waals surface area contributed by atoms with E-state index in [4.69, 9.17) is 4.74 Å². The number of halogens is 1. The summed E-state index contributed by atoms with van der Waals surface area (Å²) in [5, 5.41) is 0. The van der Waals surface area contributed by atoms with Crippen molar-refractivity contribution in [1.82, 2.24) is 0 Å². The minimum atomic E-state index is -0.258. The van der Waals surface area contributed by atoms with Crippen molar-refractivity contribution in [3.63, 3.8) is 0 Å². The largest absolute Gasteiger partial charge is 0.449 e. The molecule has 2 nitrogen and oxygen atoms in total. The first-order valence-electron chi connectivity index (χ1n) is 5.31. The molecule has 1 heterocycles. The highest BCUT2D eigenvalue weighted by Crippen LogP contribution is 2.37. The van der Waals surface area contributed by atoms with Crippen LogP contribution in [-0.4, -0.2) is 5.97 Å². The molecule has 0 saturated heterocycles. The fourth-order valence-corrected chi connectivity index (χ4v) is 2.73. The SMILES string of the molecule is O=C1OC(c2ccccc2I)c2ccccc21. The summed E-state index contributed by atoms with van der Waals surface area (Å²) in [5.74, 6) is -0.231. The van der Waals surface area contributed by atoms with E-state index in [-0.39, 0.29) is 12.1 Å². The monoisotopic (exact) mass is 336 g/mol. The minimum absolute atomic E-state index is 0.231. The second-order valence-electron chi connectivity index (χ2n) is 3.89. The molecule has 2 aromatic carbocycles. The predicted octanol–water partition coefficient (Wildman–Crippen LogP) is 3.55. The van der Waals surface area contributed by atoms with Crippen molar-refractivity contribution in [2.24, 2.45) is 0 Å². The van der Waals surface area contributed by atoms with Crippen molar-refractivity contribution in [2.75, 3.05) is 0 Å². The normalized spacial score (nSPS) is 17.7. The third-order valence-electron chi connectivity index (χ3n) is 2.88. The summed E-state index contributed by atoms with van der Waals surface area (Å²) in [6, 6.07) is 15.5. The van der Waals surface area contributed by atoms with Crippen LogP contribution in [0.5, 0.6) is 0 Å². The topological polar surface area (TPSA) is 26.3 Å². The molecule has 0 amide bonds. The van der Waals surface area contributed by atoms with Gasteiger partial charge in [-0.25, -0.2) is 4.79 Å². The Bertz CT molecular complexity index is 592. The summed E-state index contributed by atoms with van der Waals surface area (Å²) in [6.07, 6.45) is -0.258. The number of benzene rings is 2. The maximum atomic E-state index is 11.7. The van der Waals surface area contributed by atoms with Crippen molar-refractivity contribution >= 4 is 28.6 Å². The van der Waals surface area contributed by atoms with E-state index in [0.717, 1.165) is 14.7 Å². The molecule has 0 fully saturated rings. The van der Waals surface area contributed by atoms with Gasteiger partial charge in [-0.1, -0.05) is 36.4 Å². The molecular formula is C14H9IO2. The lowest BCUT2D eigenvalue weighted by Crippen LogP contribution is -2.02. The van der Waals surface area contributed by atoms with Gasteiger partial charge in [-0.3, -0.25) is 0 Å². The van der Waals surface area contributed by atoms with Crippen molar-refractivity contribution in [1.29, 1.82) is 0 Å². The lowest BCUT2D eigenvalue weighted by molar-refractivity contribution is 0.0454. The number of carbonyl (C=O) groups is 1. The zero-order valence-electron chi connectivity index (χ0n) is 8.89. The number of carbonyl (C=O) groups excluding carboxylic acids is 1. The number of esters is 1. The van der Waals surface area contributed by atoms with Gasteiger partial charge in [0.2, 0.25) is 0 Å². The minimum Gasteiger partial charge on any atom is -0.449 e. The van der Waals surface area contributed by atoms with E-state index >= 15 is 0 Å². The van der Waals surface area contributed by atoms with E-state index < -0.39 is 0 Å². The molecular weight excluding hydrogens is 327 g/mol. The highest BCUT2D eigenvalue weighted by atomic mass is 127. The van der Waals surface area contributed by atoms with Crippen LogP contribution in [0.25, 0.3) is 0 Å². The fourth-order valence-electron chi connectivity index (χ4n) is 2.06. The van der Waals surface area contributed by atoms with Crippen LogP contribution in [-0.2, 0) is 4.74 Å². The van der Waals surface area contributed by atoms with Crippen LogP contribution in [0.1, 0.15) is 27.6 Å². The van der Waals surface area contributed by atoms with Crippen LogP contribution in [0.2, 0.25) is 0 Å². The summed E-state index contributed by atoms with van der Waals surface area (Å²) in [7, 11) is 0. The summed E-state index contributed by atoms with van der Waals surface area (Å²) in [4.78, 5) is 11.7. The third-order valence-corrected chi connectivity index (χ3v) is 3.86. The first-order chi connectivity index (χ1) is 8.27. The Morgan fingerprint density at radius 3 is 2.35 bits per heavy atom. The van der Waals surface area contributed by atoms with Gasteiger partial charge >= 0.3 is 5.97 Å². The zero-order chi connectivity index (χ0) is 11.8. The molecule has 0 N–H and O–H groups in total. The lowest BCUT2D eigenvalue weighted by Gasteiger charge is -2.12. The number of cyclic esters (lactones) is 1. The summed E-state index contributed by atoms with van der Waals surface area (Å²) >= 11 is 2.26. The Balaban J connectivity index is 2.14. The van der Waals surface area contributed by atoms with Crippen LogP contribution in [0, 0.1) is 3.57 Å². The maximum absolute atomic E-state index is 11.7. The fraction of sp³-hybridized carbons (Fsp3) is 0.0714. The Labute approximate surface area is 113 Å². The molecule has 0 aromatic heterocycles. The number of ether oxygens (including phenoxy) is 1. The van der Waals surface area contributed by atoms with Gasteiger partial charge in [0.1, 0.15) is 0 Å². The molecule has 3 rings (SSSR count). The van der Waals surface area contributed by atoms with E-state index in [9.17, 15) is 4.79 Å². The first-order valence-corrected chi connectivity index (χ1v) is 6.39. The molecule has 0 radical (unpaired) electrons. The van der Waals surface area contributed by atoms with Gasteiger partial charge in [-0.2, -0.15) is 0 Å². The highest BCUT2D eigenvalue weighted by molar-refractivity contribution is 14.1. The number of fused-ring (bicyclic) bond motifs is 1. The van der Waals surface area contributed by atoms with Crippen LogP contribution in [0.4, 0.5) is 0 Å². The maximum Gasteiger partial charge on any atom is 0.339 e. The molecule has 0 spiro atoms. The van der Waals surface area contributed by atoms with Crippen molar-refractivity contribution in [3.05, 3.63) is 68.8 Å². The molecule has 1 aliphatic rings. The third kappa shape index (κ3) is 1.74. The van der Waals surface area contributed by atoms with Crippen LogP contribution in [0.15, 0.2) is 48.5 Å². The van der Waals surface area contributed by atoms with E-state index in [0.29, 0.717) is 5.56 Å². The smallest absolute Gasteiger partial charge is 0.339 e. The standard InChI is InChI=1S/C14H9IO2/c15-12-8-4-3-7-11(12)13-9-5-1-2-6-10(9)14(16)17-13/h1-8,13H. The van der Waals surface area contributed by atoms with Gasteiger partial charge in [-0.15, -0.1) is 0 Å². The van der Waals surface area contributed by atoms with Crippen LogP contribution >= 0.6 is 22.6 Å². The number of rotatable bonds is 1. The van der Waals surface area contributed by atoms with Crippen molar-refractivity contribution < 1.29 is 9.53 Å². The summed E-state index contributed by atoms with van der Waals surface area (Å²) in [5.41, 5.74) is 2.69. The van der Waals surface area contributed by atoms with Gasteiger partial charge in [-0.05, 0) is 34.7 Å². The van der Waals surface area contributed by atoms with E-state index in [1.54, 1.807) is 0 Å². The van der Waals surface area contributed by atoms with E-state index in [1.807, 2.05) is 48.5 Å². The Hall–Kier alpha value is -1.36. The van der Waals surface area contributed by atoms with Crippen molar-refractivity contribution in [3.8, 4) is 0 Å². The van der Waals surface area contributed by atoms with Gasteiger partial charge in [0.15, 0.2) is 6.10 Å².